The van der Waals surface area contributed by atoms with E-state index in [2.05, 4.69) is 23.6 Å². The van der Waals surface area contributed by atoms with E-state index in [1.807, 2.05) is 0 Å². The molecule has 0 fully saturated rings. The summed E-state index contributed by atoms with van der Waals surface area (Å²) in [5.41, 5.74) is -7.70. The number of rotatable bonds is 6. The number of thiazole rings is 1. The Morgan fingerprint density at radius 2 is 1.63 bits per heavy atom. The van der Waals surface area contributed by atoms with Crippen molar-refractivity contribution < 1.29 is 49.6 Å². The maximum atomic E-state index is 12.7. The second-order valence-electron chi connectivity index (χ2n) is 5.29. The van der Waals surface area contributed by atoms with Gasteiger partial charge in [-0.05, 0) is 6.07 Å². The number of pyridine rings is 1. The van der Waals surface area contributed by atoms with Gasteiger partial charge in [-0.1, -0.05) is 0 Å². The van der Waals surface area contributed by atoms with Gasteiger partial charge in [0.1, 0.15) is 10.7 Å². The highest BCUT2D eigenvalue weighted by Crippen LogP contribution is 2.35. The Kier molecular flexibility index (Phi) is 6.46. The fourth-order valence-electron chi connectivity index (χ4n) is 1.99. The Hall–Kier alpha value is -3.07. The minimum absolute atomic E-state index is 0.0984. The second kappa shape index (κ2) is 8.35. The lowest BCUT2D eigenvalue weighted by molar-refractivity contribution is -0.0500. The number of ketones is 1. The molecule has 10 nitrogen and oxygen atoms in total. The van der Waals surface area contributed by atoms with Gasteiger partial charge in [-0.15, -0.1) is 11.3 Å². The molecule has 0 spiro atoms. The lowest BCUT2D eigenvalue weighted by Gasteiger charge is -2.14. The zero-order valence-electron chi connectivity index (χ0n) is 15.3. The van der Waals surface area contributed by atoms with Crippen LogP contribution in [0.3, 0.4) is 0 Å². The Labute approximate surface area is 170 Å². The van der Waals surface area contributed by atoms with E-state index < -0.39 is 50.5 Å². The fourth-order valence-corrected chi connectivity index (χ4v) is 3.26. The number of nitrogens with zero attached hydrogens (tertiary/aromatic N) is 2. The molecule has 2 aromatic rings. The van der Waals surface area contributed by atoms with Crippen LogP contribution >= 0.6 is 11.3 Å². The molecule has 0 atom stereocenters. The van der Waals surface area contributed by atoms with E-state index >= 15 is 0 Å². The second-order valence-corrected chi connectivity index (χ2v) is 7.69. The third-order valence-corrected chi connectivity index (χ3v) is 5.15. The van der Waals surface area contributed by atoms with Crippen LogP contribution in [0.5, 0.6) is 5.75 Å². The van der Waals surface area contributed by atoms with Crippen LogP contribution in [0, 0.1) is 0 Å². The third-order valence-electron chi connectivity index (χ3n) is 3.31. The van der Waals surface area contributed by atoms with Crippen molar-refractivity contribution in [1.29, 1.82) is 0 Å². The van der Waals surface area contributed by atoms with Gasteiger partial charge in [0.2, 0.25) is 0 Å². The molecule has 0 saturated carbocycles. The van der Waals surface area contributed by atoms with Crippen molar-refractivity contribution >= 4 is 39.2 Å². The number of hydrogen-bond acceptors (Lipinski definition) is 11. The minimum Gasteiger partial charge on any atom is -0.464 e. The van der Waals surface area contributed by atoms with Crippen molar-refractivity contribution in [3.05, 3.63) is 28.5 Å². The summed E-state index contributed by atoms with van der Waals surface area (Å²) in [6, 6.07) is 0.666. The standard InChI is InChI=1S/C15H11F3N2O8S2/c1-6(21)10-7(12-19-8(5-29-12)13(22)26-2)4-9(11(20-10)14(23)27-3)28-30(24,25)15(16,17)18/h4-5H,1-3H3. The Morgan fingerprint density at radius 1 is 1.03 bits per heavy atom. The number of hydrogen-bond donors (Lipinski definition) is 0. The molecule has 2 aromatic heterocycles. The SMILES string of the molecule is COC(=O)c1csc(-c2cc(OS(=O)(=O)C(F)(F)F)c(C(=O)OC)nc2C(C)=O)n1. The van der Waals surface area contributed by atoms with E-state index in [0.717, 1.165) is 32.5 Å². The van der Waals surface area contributed by atoms with Crippen LogP contribution in [0.4, 0.5) is 13.2 Å². The first-order valence-electron chi connectivity index (χ1n) is 7.51. The Balaban J connectivity index is 2.76. The van der Waals surface area contributed by atoms with Crippen molar-refractivity contribution in [1.82, 2.24) is 9.97 Å². The minimum atomic E-state index is -6.18. The van der Waals surface area contributed by atoms with Gasteiger partial charge in [0.05, 0.1) is 14.2 Å². The number of carbonyl (C=O) groups excluding carboxylic acids is 3. The van der Waals surface area contributed by atoms with Crippen molar-refractivity contribution in [2.24, 2.45) is 0 Å². The predicted molar refractivity (Wildman–Crippen MR) is 93.6 cm³/mol. The monoisotopic (exact) mass is 468 g/mol. The van der Waals surface area contributed by atoms with Gasteiger partial charge in [0, 0.05) is 17.9 Å². The molecule has 0 amide bonds. The average Bonchev–Trinajstić information content (AvgIpc) is 3.15. The lowest BCUT2D eigenvalue weighted by Crippen LogP contribution is -2.29. The first-order valence-corrected chi connectivity index (χ1v) is 9.80. The normalized spacial score (nSPS) is 11.7. The summed E-state index contributed by atoms with van der Waals surface area (Å²) in [5.74, 6) is -4.08. The number of Topliss-reactive ketones (excluding diaryl/α,β-unsaturated/α-hetero) is 1. The first-order chi connectivity index (χ1) is 13.8. The summed E-state index contributed by atoms with van der Waals surface area (Å²) in [4.78, 5) is 43.0. The molecule has 30 heavy (non-hydrogen) atoms. The fraction of sp³-hybridized carbons (Fsp3) is 0.267. The van der Waals surface area contributed by atoms with Crippen LogP contribution in [0.15, 0.2) is 11.4 Å². The van der Waals surface area contributed by atoms with E-state index in [-0.39, 0.29) is 16.3 Å². The topological polar surface area (TPSA) is 139 Å². The highest BCUT2D eigenvalue weighted by Gasteiger charge is 2.49. The number of aromatic nitrogens is 2. The number of ether oxygens (including phenoxy) is 2. The molecule has 162 valence electrons. The molecule has 15 heteroatoms. The smallest absolute Gasteiger partial charge is 0.464 e. The van der Waals surface area contributed by atoms with Crippen molar-refractivity contribution in [3.63, 3.8) is 0 Å². The molecule has 2 rings (SSSR count). The van der Waals surface area contributed by atoms with Crippen LogP contribution in [0.2, 0.25) is 0 Å². The molecule has 0 N–H and O–H groups in total. The Bertz CT molecular complexity index is 1130. The summed E-state index contributed by atoms with van der Waals surface area (Å²) >= 11 is 0.783. The van der Waals surface area contributed by atoms with Gasteiger partial charge in [-0.25, -0.2) is 19.6 Å². The summed E-state index contributed by atoms with van der Waals surface area (Å²) in [7, 11) is -4.24. The first kappa shape index (κ1) is 23.2. The van der Waals surface area contributed by atoms with E-state index in [0.29, 0.717) is 6.07 Å². The maximum absolute atomic E-state index is 12.7. The van der Waals surface area contributed by atoms with Gasteiger partial charge in [0.15, 0.2) is 22.9 Å². The molecular formula is C15H11F3N2O8S2. The predicted octanol–water partition coefficient (Wildman–Crippen LogP) is 2.21. The van der Waals surface area contributed by atoms with Gasteiger partial charge >= 0.3 is 27.6 Å². The van der Waals surface area contributed by atoms with Crippen molar-refractivity contribution in [2.75, 3.05) is 14.2 Å². The van der Waals surface area contributed by atoms with Gasteiger partial charge in [-0.2, -0.15) is 21.6 Å². The van der Waals surface area contributed by atoms with Crippen molar-refractivity contribution in [3.8, 4) is 16.3 Å². The summed E-state index contributed by atoms with van der Waals surface area (Å²) in [6.45, 7) is 1.04. The molecule has 0 saturated heterocycles. The summed E-state index contributed by atoms with van der Waals surface area (Å²) < 4.78 is 73.9. The Morgan fingerprint density at radius 3 is 2.13 bits per heavy atom. The maximum Gasteiger partial charge on any atom is 0.534 e. The van der Waals surface area contributed by atoms with Crippen molar-refractivity contribution in [2.45, 2.75) is 12.4 Å². The average molecular weight is 468 g/mol. The zero-order valence-corrected chi connectivity index (χ0v) is 16.9. The van der Waals surface area contributed by atoms with E-state index in [1.165, 1.54) is 5.38 Å². The lowest BCUT2D eigenvalue weighted by atomic mass is 10.1. The third kappa shape index (κ3) is 4.56. The molecule has 0 aliphatic heterocycles. The molecule has 0 aliphatic carbocycles. The molecule has 0 unspecified atom stereocenters. The number of alkyl halides is 3. The summed E-state index contributed by atoms with van der Waals surface area (Å²) in [5, 5.41) is 1.13. The van der Waals surface area contributed by atoms with Gasteiger partial charge in [-0.3, -0.25) is 4.79 Å². The highest BCUT2D eigenvalue weighted by atomic mass is 32.2. The zero-order chi connectivity index (χ0) is 22.9. The number of methoxy groups -OCH3 is 2. The van der Waals surface area contributed by atoms with E-state index in [4.69, 9.17) is 0 Å². The molecule has 2 heterocycles. The van der Waals surface area contributed by atoms with Gasteiger partial charge in [0.25, 0.3) is 0 Å². The van der Waals surface area contributed by atoms with E-state index in [9.17, 15) is 36.0 Å². The van der Waals surface area contributed by atoms with E-state index in [1.54, 1.807) is 0 Å². The van der Waals surface area contributed by atoms with Gasteiger partial charge < -0.3 is 13.7 Å². The molecule has 0 bridgehead atoms. The molecular weight excluding hydrogens is 457 g/mol. The highest BCUT2D eigenvalue weighted by molar-refractivity contribution is 7.88. The van der Waals surface area contributed by atoms with Crippen LogP contribution in [-0.4, -0.2) is 55.8 Å². The molecule has 0 aliphatic rings. The largest absolute Gasteiger partial charge is 0.534 e. The summed E-state index contributed by atoms with van der Waals surface area (Å²) in [6.07, 6.45) is 0. The number of esters is 2. The molecule has 0 radical (unpaired) electrons. The van der Waals surface area contributed by atoms with Crippen LogP contribution in [0.25, 0.3) is 10.6 Å². The van der Waals surface area contributed by atoms with Crippen LogP contribution < -0.4 is 4.18 Å². The van der Waals surface area contributed by atoms with Crippen LogP contribution in [0.1, 0.15) is 38.4 Å². The number of halogens is 3. The van der Waals surface area contributed by atoms with Crippen LogP contribution in [-0.2, 0) is 19.6 Å². The molecule has 0 aromatic carbocycles. The quantitative estimate of drug-likeness (QED) is 0.268. The number of carbonyl (C=O) groups is 3.